The number of nitrogens with one attached hydrogen (secondary N) is 2. The highest BCUT2D eigenvalue weighted by molar-refractivity contribution is 5.85. The molecule has 4 nitrogen and oxygen atoms in total. The zero-order chi connectivity index (χ0) is 12.8. The highest BCUT2D eigenvalue weighted by Crippen LogP contribution is 2.22. The SMILES string of the molecule is CC(C(=O)NCC1CCCCC1)N1CCNCC1.Cl.Cl. The number of nitrogens with zero attached hydrogens (tertiary/aromatic N) is 1. The van der Waals surface area contributed by atoms with Crippen LogP contribution >= 0.6 is 24.8 Å². The monoisotopic (exact) mass is 325 g/mol. The van der Waals surface area contributed by atoms with Gasteiger partial charge in [-0.1, -0.05) is 19.3 Å². The first-order valence-corrected chi connectivity index (χ1v) is 7.50. The lowest BCUT2D eigenvalue weighted by atomic mass is 9.89. The summed E-state index contributed by atoms with van der Waals surface area (Å²) in [6.45, 7) is 6.88. The van der Waals surface area contributed by atoms with Crippen molar-refractivity contribution in [3.63, 3.8) is 0 Å². The van der Waals surface area contributed by atoms with E-state index in [0.29, 0.717) is 0 Å². The molecule has 1 saturated heterocycles. The molecule has 0 spiro atoms. The van der Waals surface area contributed by atoms with Gasteiger partial charge in [0.1, 0.15) is 0 Å². The van der Waals surface area contributed by atoms with Gasteiger partial charge in [-0.05, 0) is 25.7 Å². The summed E-state index contributed by atoms with van der Waals surface area (Å²) in [7, 11) is 0. The second-order valence-corrected chi connectivity index (χ2v) is 5.71. The number of carbonyl (C=O) groups excluding carboxylic acids is 1. The summed E-state index contributed by atoms with van der Waals surface area (Å²) in [5, 5.41) is 6.47. The Hall–Kier alpha value is -0.0300. The zero-order valence-electron chi connectivity index (χ0n) is 12.4. The maximum absolute atomic E-state index is 12.1. The van der Waals surface area contributed by atoms with Crippen molar-refractivity contribution in [2.45, 2.75) is 45.1 Å². The minimum atomic E-state index is 0. The van der Waals surface area contributed by atoms with Crippen molar-refractivity contribution in [3.8, 4) is 0 Å². The maximum atomic E-state index is 12.1. The predicted molar refractivity (Wildman–Crippen MR) is 88.0 cm³/mol. The molecule has 0 aromatic heterocycles. The second-order valence-electron chi connectivity index (χ2n) is 5.71. The van der Waals surface area contributed by atoms with E-state index in [9.17, 15) is 4.79 Å². The number of carbonyl (C=O) groups is 1. The number of halogens is 2. The number of rotatable bonds is 4. The Morgan fingerprint density at radius 2 is 1.80 bits per heavy atom. The van der Waals surface area contributed by atoms with Crippen LogP contribution in [0.2, 0.25) is 0 Å². The lowest BCUT2D eigenvalue weighted by molar-refractivity contribution is -0.126. The molecule has 2 rings (SSSR count). The van der Waals surface area contributed by atoms with Gasteiger partial charge in [-0.25, -0.2) is 0 Å². The lowest BCUT2D eigenvalue weighted by Crippen LogP contribution is -2.53. The van der Waals surface area contributed by atoms with E-state index in [2.05, 4.69) is 15.5 Å². The Morgan fingerprint density at radius 3 is 2.40 bits per heavy atom. The molecule has 1 saturated carbocycles. The molecule has 0 bridgehead atoms. The summed E-state index contributed by atoms with van der Waals surface area (Å²) in [5.74, 6) is 0.931. The van der Waals surface area contributed by atoms with Gasteiger partial charge in [-0.15, -0.1) is 24.8 Å². The van der Waals surface area contributed by atoms with Gasteiger partial charge in [0.05, 0.1) is 6.04 Å². The normalized spacial score (nSPS) is 22.2. The number of hydrogen-bond donors (Lipinski definition) is 2. The van der Waals surface area contributed by atoms with Crippen LogP contribution in [0.1, 0.15) is 39.0 Å². The zero-order valence-corrected chi connectivity index (χ0v) is 14.0. The fourth-order valence-corrected chi connectivity index (χ4v) is 3.02. The van der Waals surface area contributed by atoms with Crippen LogP contribution < -0.4 is 10.6 Å². The Kier molecular flexibility index (Phi) is 10.6. The number of hydrogen-bond acceptors (Lipinski definition) is 3. The van der Waals surface area contributed by atoms with E-state index in [4.69, 9.17) is 0 Å². The van der Waals surface area contributed by atoms with Crippen molar-refractivity contribution >= 4 is 30.7 Å². The summed E-state index contributed by atoms with van der Waals surface area (Å²) < 4.78 is 0. The Bertz CT molecular complexity index is 267. The molecule has 0 radical (unpaired) electrons. The maximum Gasteiger partial charge on any atom is 0.237 e. The molecule has 6 heteroatoms. The third-order valence-corrected chi connectivity index (χ3v) is 4.37. The molecule has 1 atom stereocenters. The summed E-state index contributed by atoms with van der Waals surface area (Å²) in [6, 6.07) is 0.0238. The molecule has 20 heavy (non-hydrogen) atoms. The molecule has 120 valence electrons. The van der Waals surface area contributed by atoms with Crippen molar-refractivity contribution in [2.24, 2.45) is 5.92 Å². The minimum absolute atomic E-state index is 0. The van der Waals surface area contributed by atoms with Crippen LogP contribution in [0.3, 0.4) is 0 Å². The molecule has 2 aliphatic rings. The summed E-state index contributed by atoms with van der Waals surface area (Å²) in [6.07, 6.45) is 6.65. The fraction of sp³-hybridized carbons (Fsp3) is 0.929. The van der Waals surface area contributed by atoms with E-state index in [0.717, 1.165) is 38.6 Å². The summed E-state index contributed by atoms with van der Waals surface area (Å²) in [4.78, 5) is 14.4. The first kappa shape index (κ1) is 20.0. The molecule has 1 unspecified atom stereocenters. The van der Waals surface area contributed by atoms with E-state index >= 15 is 0 Å². The fourth-order valence-electron chi connectivity index (χ4n) is 3.02. The Morgan fingerprint density at radius 1 is 1.20 bits per heavy atom. The van der Waals surface area contributed by atoms with E-state index in [1.54, 1.807) is 0 Å². The highest BCUT2D eigenvalue weighted by Gasteiger charge is 2.23. The van der Waals surface area contributed by atoms with Gasteiger partial charge < -0.3 is 10.6 Å². The van der Waals surface area contributed by atoms with E-state index in [1.165, 1.54) is 32.1 Å². The predicted octanol–water partition coefficient (Wildman–Crippen LogP) is 1.82. The molecule has 1 heterocycles. The molecule has 1 aliphatic heterocycles. The van der Waals surface area contributed by atoms with Crippen LogP contribution in [-0.4, -0.2) is 49.6 Å². The average Bonchev–Trinajstić information content (AvgIpc) is 2.46. The Labute approximate surface area is 135 Å². The molecule has 1 aliphatic carbocycles. The first-order chi connectivity index (χ1) is 8.77. The average molecular weight is 326 g/mol. The van der Waals surface area contributed by atoms with Crippen molar-refractivity contribution in [1.82, 2.24) is 15.5 Å². The van der Waals surface area contributed by atoms with Crippen LogP contribution in [0.4, 0.5) is 0 Å². The van der Waals surface area contributed by atoms with Gasteiger partial charge >= 0.3 is 0 Å². The van der Waals surface area contributed by atoms with E-state index in [1.807, 2.05) is 6.92 Å². The van der Waals surface area contributed by atoms with Crippen molar-refractivity contribution in [1.29, 1.82) is 0 Å². The third kappa shape index (κ3) is 6.17. The highest BCUT2D eigenvalue weighted by atomic mass is 35.5. The molecular weight excluding hydrogens is 297 g/mol. The second kappa shape index (κ2) is 10.7. The van der Waals surface area contributed by atoms with Gasteiger partial charge in [-0.3, -0.25) is 9.69 Å². The summed E-state index contributed by atoms with van der Waals surface area (Å²) in [5.41, 5.74) is 0. The van der Waals surface area contributed by atoms with Gasteiger partial charge in [0, 0.05) is 32.7 Å². The van der Waals surface area contributed by atoms with Gasteiger partial charge in [0.15, 0.2) is 0 Å². The standard InChI is InChI=1S/C14H27N3O.2ClH/c1-12(17-9-7-15-8-10-17)14(18)16-11-13-5-3-2-4-6-13;;/h12-13,15H,2-11H2,1H3,(H,16,18);2*1H. The molecule has 0 aromatic carbocycles. The molecular formula is C14H29Cl2N3O. The van der Waals surface area contributed by atoms with Gasteiger partial charge in [0.2, 0.25) is 5.91 Å². The van der Waals surface area contributed by atoms with Crippen LogP contribution in [-0.2, 0) is 4.79 Å². The smallest absolute Gasteiger partial charge is 0.237 e. The minimum Gasteiger partial charge on any atom is -0.354 e. The number of piperazine rings is 1. The Balaban J connectivity index is 0.00000180. The topological polar surface area (TPSA) is 44.4 Å². The quantitative estimate of drug-likeness (QED) is 0.828. The van der Waals surface area contributed by atoms with E-state index in [-0.39, 0.29) is 36.8 Å². The molecule has 2 N–H and O–H groups in total. The van der Waals surface area contributed by atoms with Crippen LogP contribution in [0, 0.1) is 5.92 Å². The van der Waals surface area contributed by atoms with Crippen LogP contribution in [0.15, 0.2) is 0 Å². The number of amides is 1. The molecule has 0 aromatic rings. The lowest BCUT2D eigenvalue weighted by Gasteiger charge is -2.32. The summed E-state index contributed by atoms with van der Waals surface area (Å²) >= 11 is 0. The van der Waals surface area contributed by atoms with Crippen molar-refractivity contribution in [2.75, 3.05) is 32.7 Å². The van der Waals surface area contributed by atoms with Gasteiger partial charge in [0.25, 0.3) is 0 Å². The van der Waals surface area contributed by atoms with Crippen LogP contribution in [0.5, 0.6) is 0 Å². The van der Waals surface area contributed by atoms with Crippen molar-refractivity contribution in [3.05, 3.63) is 0 Å². The van der Waals surface area contributed by atoms with Crippen LogP contribution in [0.25, 0.3) is 0 Å². The van der Waals surface area contributed by atoms with Gasteiger partial charge in [-0.2, -0.15) is 0 Å². The molecule has 1 amide bonds. The third-order valence-electron chi connectivity index (χ3n) is 4.37. The molecule has 2 fully saturated rings. The first-order valence-electron chi connectivity index (χ1n) is 7.50. The van der Waals surface area contributed by atoms with Crippen molar-refractivity contribution < 1.29 is 4.79 Å². The largest absolute Gasteiger partial charge is 0.354 e. The van der Waals surface area contributed by atoms with E-state index < -0.39 is 0 Å².